The zero-order chi connectivity index (χ0) is 17.2. The van der Waals surface area contributed by atoms with Crippen LogP contribution in [0.2, 0.25) is 0 Å². The maximum atomic E-state index is 12.7. The molecule has 0 saturated heterocycles. The van der Waals surface area contributed by atoms with Crippen LogP contribution in [0.4, 0.5) is 0 Å². The molecule has 6 nitrogen and oxygen atoms in total. The first kappa shape index (κ1) is 17.9. The molecule has 0 saturated carbocycles. The fourth-order valence-corrected chi connectivity index (χ4v) is 2.12. The molecule has 6 heteroatoms. The molecule has 0 aliphatic heterocycles. The van der Waals surface area contributed by atoms with E-state index in [1.54, 1.807) is 55.6 Å². The van der Waals surface area contributed by atoms with E-state index >= 15 is 0 Å². The van der Waals surface area contributed by atoms with Gasteiger partial charge in [-0.1, -0.05) is 12.1 Å². The zero-order valence-electron chi connectivity index (χ0n) is 14.0. The number of carbonyl (C=O) groups is 1. The van der Waals surface area contributed by atoms with Gasteiger partial charge in [-0.05, 0) is 24.3 Å². The molecule has 1 aromatic carbocycles. The highest BCUT2D eigenvalue weighted by Gasteiger charge is 2.16. The van der Waals surface area contributed by atoms with Crippen molar-refractivity contribution in [3.63, 3.8) is 0 Å². The first-order valence-electron chi connectivity index (χ1n) is 7.70. The lowest BCUT2D eigenvalue weighted by atomic mass is 10.2. The minimum absolute atomic E-state index is 0.0874. The summed E-state index contributed by atoms with van der Waals surface area (Å²) in [6, 6.07) is 12.5. The maximum absolute atomic E-state index is 12.7. The lowest BCUT2D eigenvalue weighted by molar-refractivity contribution is 0.0627. The van der Waals surface area contributed by atoms with E-state index in [-0.39, 0.29) is 5.91 Å². The van der Waals surface area contributed by atoms with Crippen LogP contribution < -0.4 is 4.74 Å². The molecule has 0 unspecified atom stereocenters. The van der Waals surface area contributed by atoms with E-state index in [9.17, 15) is 4.79 Å². The Morgan fingerprint density at radius 2 is 1.79 bits per heavy atom. The Bertz CT molecular complexity index is 626. The molecule has 0 fully saturated rings. The molecule has 0 aliphatic carbocycles. The summed E-state index contributed by atoms with van der Waals surface area (Å²) in [5.41, 5.74) is 0.552. The number of rotatable bonds is 9. The summed E-state index contributed by atoms with van der Waals surface area (Å²) in [4.78, 5) is 18.5. The van der Waals surface area contributed by atoms with E-state index in [2.05, 4.69) is 4.98 Å². The van der Waals surface area contributed by atoms with Crippen molar-refractivity contribution < 1.29 is 19.0 Å². The number of methoxy groups -OCH3 is 2. The van der Waals surface area contributed by atoms with Crippen molar-refractivity contribution in [2.24, 2.45) is 0 Å². The van der Waals surface area contributed by atoms with E-state index < -0.39 is 0 Å². The summed E-state index contributed by atoms with van der Waals surface area (Å²) >= 11 is 0. The van der Waals surface area contributed by atoms with Crippen LogP contribution in [0.5, 0.6) is 11.6 Å². The molecule has 2 rings (SSSR count). The van der Waals surface area contributed by atoms with Crippen molar-refractivity contribution in [3.05, 3.63) is 54.2 Å². The van der Waals surface area contributed by atoms with Gasteiger partial charge >= 0.3 is 0 Å². The van der Waals surface area contributed by atoms with Gasteiger partial charge in [0.25, 0.3) is 5.91 Å². The van der Waals surface area contributed by atoms with Gasteiger partial charge in [0.2, 0.25) is 5.88 Å². The van der Waals surface area contributed by atoms with Crippen LogP contribution >= 0.6 is 0 Å². The summed E-state index contributed by atoms with van der Waals surface area (Å²) in [6.07, 6.45) is 1.65. The van der Waals surface area contributed by atoms with Crippen molar-refractivity contribution in [2.75, 3.05) is 40.5 Å². The predicted molar refractivity (Wildman–Crippen MR) is 90.4 cm³/mol. The Labute approximate surface area is 142 Å². The third kappa shape index (κ3) is 5.33. The van der Waals surface area contributed by atoms with Crippen molar-refractivity contribution in [1.82, 2.24) is 9.88 Å². The minimum atomic E-state index is -0.0874. The number of amides is 1. The van der Waals surface area contributed by atoms with Gasteiger partial charge in [-0.15, -0.1) is 0 Å². The van der Waals surface area contributed by atoms with Crippen LogP contribution in [-0.4, -0.2) is 56.3 Å². The Kier molecular flexibility index (Phi) is 7.20. The predicted octanol–water partition coefficient (Wildman–Crippen LogP) is 2.61. The Morgan fingerprint density at radius 3 is 2.42 bits per heavy atom. The fraction of sp³-hybridized carbons (Fsp3) is 0.333. The molecule has 0 N–H and O–H groups in total. The quantitative estimate of drug-likeness (QED) is 0.707. The molecular weight excluding hydrogens is 308 g/mol. The second kappa shape index (κ2) is 9.64. The summed E-state index contributed by atoms with van der Waals surface area (Å²) in [5, 5.41) is 0. The average Bonchev–Trinajstić information content (AvgIpc) is 2.62. The van der Waals surface area contributed by atoms with Gasteiger partial charge in [-0.3, -0.25) is 4.79 Å². The van der Waals surface area contributed by atoms with Gasteiger partial charge in [-0.25, -0.2) is 4.98 Å². The molecule has 0 spiro atoms. The second-order valence-electron chi connectivity index (χ2n) is 5.08. The molecule has 1 heterocycles. The number of hydrogen-bond acceptors (Lipinski definition) is 5. The van der Waals surface area contributed by atoms with Crippen LogP contribution in [0, 0.1) is 0 Å². The van der Waals surface area contributed by atoms with E-state index in [0.29, 0.717) is 43.5 Å². The number of aromatic nitrogens is 1. The molecule has 0 bridgehead atoms. The summed E-state index contributed by atoms with van der Waals surface area (Å²) in [5.74, 6) is 0.964. The molecule has 0 aliphatic rings. The molecular formula is C18H22N2O4. The van der Waals surface area contributed by atoms with E-state index in [1.165, 1.54) is 0 Å². The minimum Gasteiger partial charge on any atom is -0.439 e. The van der Waals surface area contributed by atoms with Gasteiger partial charge in [0.1, 0.15) is 5.75 Å². The lowest BCUT2D eigenvalue weighted by Crippen LogP contribution is -2.36. The number of nitrogens with zero attached hydrogens (tertiary/aromatic N) is 2. The van der Waals surface area contributed by atoms with Crippen molar-refractivity contribution in [2.45, 2.75) is 0 Å². The number of pyridine rings is 1. The third-order valence-corrected chi connectivity index (χ3v) is 3.36. The Balaban J connectivity index is 2.11. The highest BCUT2D eigenvalue weighted by molar-refractivity contribution is 5.94. The zero-order valence-corrected chi connectivity index (χ0v) is 14.0. The van der Waals surface area contributed by atoms with E-state index in [0.717, 1.165) is 0 Å². The molecule has 1 aromatic heterocycles. The van der Waals surface area contributed by atoms with Crippen molar-refractivity contribution in [1.29, 1.82) is 0 Å². The van der Waals surface area contributed by atoms with E-state index in [4.69, 9.17) is 14.2 Å². The normalized spacial score (nSPS) is 10.4. The van der Waals surface area contributed by atoms with Crippen molar-refractivity contribution in [3.8, 4) is 11.6 Å². The summed E-state index contributed by atoms with van der Waals surface area (Å²) in [7, 11) is 3.22. The Hall–Kier alpha value is -2.44. The highest BCUT2D eigenvalue weighted by atomic mass is 16.5. The topological polar surface area (TPSA) is 60.9 Å². The molecule has 2 aromatic rings. The lowest BCUT2D eigenvalue weighted by Gasteiger charge is -2.22. The van der Waals surface area contributed by atoms with Gasteiger partial charge < -0.3 is 19.1 Å². The fourth-order valence-electron chi connectivity index (χ4n) is 2.12. The molecule has 1 amide bonds. The van der Waals surface area contributed by atoms with Gasteiger partial charge in [-0.2, -0.15) is 0 Å². The van der Waals surface area contributed by atoms with Crippen LogP contribution in [0.3, 0.4) is 0 Å². The van der Waals surface area contributed by atoms with Gasteiger partial charge in [0.15, 0.2) is 0 Å². The monoisotopic (exact) mass is 330 g/mol. The van der Waals surface area contributed by atoms with E-state index in [1.807, 2.05) is 12.1 Å². The molecule has 0 radical (unpaired) electrons. The first-order chi connectivity index (χ1) is 11.7. The summed E-state index contributed by atoms with van der Waals surface area (Å²) < 4.78 is 15.8. The third-order valence-electron chi connectivity index (χ3n) is 3.36. The maximum Gasteiger partial charge on any atom is 0.254 e. The van der Waals surface area contributed by atoms with Gasteiger partial charge in [0.05, 0.1) is 13.2 Å². The Morgan fingerprint density at radius 1 is 1.04 bits per heavy atom. The number of ether oxygens (including phenoxy) is 3. The van der Waals surface area contributed by atoms with Crippen LogP contribution in [0.1, 0.15) is 10.4 Å². The summed E-state index contributed by atoms with van der Waals surface area (Å²) in [6.45, 7) is 1.95. The average molecular weight is 330 g/mol. The van der Waals surface area contributed by atoms with Gasteiger partial charge in [0, 0.05) is 45.1 Å². The highest BCUT2D eigenvalue weighted by Crippen LogP contribution is 2.20. The van der Waals surface area contributed by atoms with Crippen LogP contribution in [0.25, 0.3) is 0 Å². The smallest absolute Gasteiger partial charge is 0.254 e. The standard InChI is InChI=1S/C18H22N2O4/c1-22-12-10-20(11-13-23-2)18(21)15-6-5-7-16(14-15)24-17-8-3-4-9-19-17/h3-9,14H,10-13H2,1-2H3. The largest absolute Gasteiger partial charge is 0.439 e. The number of carbonyl (C=O) groups excluding carboxylic acids is 1. The molecule has 24 heavy (non-hydrogen) atoms. The number of hydrogen-bond donors (Lipinski definition) is 0. The van der Waals surface area contributed by atoms with Crippen molar-refractivity contribution >= 4 is 5.91 Å². The molecule has 128 valence electrons. The van der Waals surface area contributed by atoms with Crippen LogP contribution in [-0.2, 0) is 9.47 Å². The number of benzene rings is 1. The first-order valence-corrected chi connectivity index (χ1v) is 7.70. The molecule has 0 atom stereocenters. The van der Waals surface area contributed by atoms with Crippen LogP contribution in [0.15, 0.2) is 48.7 Å². The second-order valence-corrected chi connectivity index (χ2v) is 5.08. The SMILES string of the molecule is COCCN(CCOC)C(=O)c1cccc(Oc2ccccn2)c1.